The van der Waals surface area contributed by atoms with Crippen molar-refractivity contribution >= 4 is 39.7 Å². The molecule has 2 aliphatic rings. The molecule has 4 rings (SSSR count). The maximum absolute atomic E-state index is 12.9. The molecule has 9 heteroatoms. The van der Waals surface area contributed by atoms with Gasteiger partial charge in [-0.1, -0.05) is 34.1 Å². The van der Waals surface area contributed by atoms with Gasteiger partial charge in [-0.25, -0.2) is 9.59 Å². The normalized spacial score (nSPS) is 17.4. The molecule has 7 nitrogen and oxygen atoms in total. The fourth-order valence-electron chi connectivity index (χ4n) is 3.24. The lowest BCUT2D eigenvalue weighted by Gasteiger charge is -2.28. The lowest BCUT2D eigenvalue weighted by atomic mass is 9.95. The largest absolute Gasteiger partial charge is 0.461 e. The molecule has 156 valence electrons. The van der Waals surface area contributed by atoms with Gasteiger partial charge >= 0.3 is 12.0 Å². The van der Waals surface area contributed by atoms with Crippen LogP contribution in [0.2, 0.25) is 0 Å². The fraction of sp³-hybridized carbons (Fsp3) is 0.238. The number of nitrogens with one attached hydrogen (secondary N) is 2. The van der Waals surface area contributed by atoms with E-state index < -0.39 is 18.0 Å². The Bertz CT molecular complexity index is 1010. The maximum atomic E-state index is 12.9. The highest BCUT2D eigenvalue weighted by atomic mass is 79.9. The summed E-state index contributed by atoms with van der Waals surface area (Å²) in [6.07, 6.45) is 0. The van der Waals surface area contributed by atoms with E-state index in [2.05, 4.69) is 26.6 Å². The summed E-state index contributed by atoms with van der Waals surface area (Å²) >= 11 is 5.11. The molecule has 0 spiro atoms. The molecule has 0 bridgehead atoms. The van der Waals surface area contributed by atoms with Crippen molar-refractivity contribution in [3.05, 3.63) is 63.8 Å². The minimum absolute atomic E-state index is 0.132. The molecule has 0 aromatic heterocycles. The van der Waals surface area contributed by atoms with Crippen LogP contribution >= 0.6 is 27.7 Å². The molecule has 0 fully saturated rings. The van der Waals surface area contributed by atoms with Crippen molar-refractivity contribution in [3.63, 3.8) is 0 Å². The molecule has 0 aliphatic carbocycles. The standard InChI is InChI=1S/C21H19BrN2O5S/c1-12-18(20(25)27-7-8-30-13-5-3-2-4-6-13)19(24-21(26)23-12)14-9-16-17(10-15(14)22)29-11-28-16/h2-6,9-10,19H,7-8,11H2,1H3,(H2,23,24,26). The summed E-state index contributed by atoms with van der Waals surface area (Å²) in [5, 5.41) is 5.45. The number of amides is 2. The van der Waals surface area contributed by atoms with Gasteiger partial charge in [-0.05, 0) is 36.8 Å². The summed E-state index contributed by atoms with van der Waals surface area (Å²) in [6.45, 7) is 2.06. The smallest absolute Gasteiger partial charge is 0.338 e. The number of halogens is 1. The van der Waals surface area contributed by atoms with Crippen LogP contribution in [-0.4, -0.2) is 31.2 Å². The Labute approximate surface area is 186 Å². The van der Waals surface area contributed by atoms with Crippen molar-refractivity contribution in [2.45, 2.75) is 17.9 Å². The highest BCUT2D eigenvalue weighted by molar-refractivity contribution is 9.10. The van der Waals surface area contributed by atoms with Crippen LogP contribution in [0.15, 0.2) is 63.1 Å². The van der Waals surface area contributed by atoms with Crippen molar-refractivity contribution in [2.24, 2.45) is 0 Å². The van der Waals surface area contributed by atoms with Crippen molar-refractivity contribution in [3.8, 4) is 11.5 Å². The predicted octanol–water partition coefficient (Wildman–Crippen LogP) is 4.14. The molecule has 2 heterocycles. The highest BCUT2D eigenvalue weighted by Gasteiger charge is 2.34. The van der Waals surface area contributed by atoms with Gasteiger partial charge in [0.2, 0.25) is 6.79 Å². The molecule has 30 heavy (non-hydrogen) atoms. The molecule has 2 N–H and O–H groups in total. The molecule has 0 radical (unpaired) electrons. The molecule has 0 saturated carbocycles. The van der Waals surface area contributed by atoms with Crippen molar-refractivity contribution in [1.29, 1.82) is 0 Å². The Morgan fingerprint density at radius 2 is 1.97 bits per heavy atom. The lowest BCUT2D eigenvalue weighted by Crippen LogP contribution is -2.45. The van der Waals surface area contributed by atoms with E-state index in [0.29, 0.717) is 38.6 Å². The third-order valence-electron chi connectivity index (χ3n) is 4.62. The second kappa shape index (κ2) is 9.01. The van der Waals surface area contributed by atoms with Crippen LogP contribution in [0.5, 0.6) is 11.5 Å². The molecule has 2 aromatic rings. The van der Waals surface area contributed by atoms with E-state index in [9.17, 15) is 9.59 Å². The van der Waals surface area contributed by atoms with Crippen molar-refractivity contribution in [1.82, 2.24) is 10.6 Å². The number of urea groups is 1. The number of carbonyl (C=O) groups excluding carboxylic acids is 2. The Balaban J connectivity index is 1.50. The maximum Gasteiger partial charge on any atom is 0.338 e. The zero-order chi connectivity index (χ0) is 21.1. The second-order valence-electron chi connectivity index (χ2n) is 6.59. The van der Waals surface area contributed by atoms with Gasteiger partial charge in [-0.2, -0.15) is 0 Å². The topological polar surface area (TPSA) is 85.9 Å². The Morgan fingerprint density at radius 1 is 1.23 bits per heavy atom. The minimum Gasteiger partial charge on any atom is -0.461 e. The monoisotopic (exact) mass is 490 g/mol. The summed E-state index contributed by atoms with van der Waals surface area (Å²) in [5.74, 6) is 1.31. The van der Waals surface area contributed by atoms with Crippen molar-refractivity contribution in [2.75, 3.05) is 19.2 Å². The fourth-order valence-corrected chi connectivity index (χ4v) is 4.54. The highest BCUT2D eigenvalue weighted by Crippen LogP contribution is 2.41. The molecule has 0 saturated heterocycles. The molecule has 1 unspecified atom stereocenters. The van der Waals surface area contributed by atoms with Gasteiger partial charge in [-0.3, -0.25) is 0 Å². The summed E-state index contributed by atoms with van der Waals surface area (Å²) in [7, 11) is 0. The quantitative estimate of drug-likeness (QED) is 0.359. The van der Waals surface area contributed by atoms with Gasteiger partial charge in [0.1, 0.15) is 6.61 Å². The van der Waals surface area contributed by atoms with Gasteiger partial charge in [-0.15, -0.1) is 11.8 Å². The van der Waals surface area contributed by atoms with Crippen LogP contribution in [0.25, 0.3) is 0 Å². The van der Waals surface area contributed by atoms with E-state index in [4.69, 9.17) is 14.2 Å². The zero-order valence-corrected chi connectivity index (χ0v) is 18.5. The number of thioether (sulfide) groups is 1. The summed E-state index contributed by atoms with van der Waals surface area (Å²) < 4.78 is 17.0. The summed E-state index contributed by atoms with van der Waals surface area (Å²) in [5.41, 5.74) is 1.48. The van der Waals surface area contributed by atoms with E-state index in [0.717, 1.165) is 4.90 Å². The molecule has 1 atom stereocenters. The lowest BCUT2D eigenvalue weighted by molar-refractivity contribution is -0.138. The molecular weight excluding hydrogens is 472 g/mol. The predicted molar refractivity (Wildman–Crippen MR) is 115 cm³/mol. The van der Waals surface area contributed by atoms with E-state index in [1.165, 1.54) is 0 Å². The first-order valence-electron chi connectivity index (χ1n) is 9.25. The first-order chi connectivity index (χ1) is 14.5. The van der Waals surface area contributed by atoms with Gasteiger partial charge < -0.3 is 24.8 Å². The SMILES string of the molecule is CC1=C(C(=O)OCCSc2ccccc2)C(c2cc3c(cc2Br)OCO3)NC(=O)N1. The van der Waals surface area contributed by atoms with E-state index in [-0.39, 0.29) is 13.4 Å². The number of esters is 1. The van der Waals surface area contributed by atoms with E-state index in [1.54, 1.807) is 30.8 Å². The van der Waals surface area contributed by atoms with Gasteiger partial charge in [0.25, 0.3) is 0 Å². The van der Waals surface area contributed by atoms with E-state index in [1.807, 2.05) is 30.3 Å². The van der Waals surface area contributed by atoms with Crippen LogP contribution < -0.4 is 20.1 Å². The zero-order valence-electron chi connectivity index (χ0n) is 16.1. The average Bonchev–Trinajstić information content (AvgIpc) is 3.18. The average molecular weight is 491 g/mol. The number of benzene rings is 2. The van der Waals surface area contributed by atoms with E-state index >= 15 is 0 Å². The first-order valence-corrected chi connectivity index (χ1v) is 11.0. The molecular formula is C21H19BrN2O5S. The number of hydrogen-bond acceptors (Lipinski definition) is 6. The summed E-state index contributed by atoms with van der Waals surface area (Å²) in [4.78, 5) is 26.1. The molecule has 2 aromatic carbocycles. The number of allylic oxidation sites excluding steroid dienone is 1. The van der Waals surface area contributed by atoms with Gasteiger partial charge in [0, 0.05) is 20.8 Å². The Hall–Kier alpha value is -2.65. The van der Waals surface area contributed by atoms with Gasteiger partial charge in [0.15, 0.2) is 11.5 Å². The van der Waals surface area contributed by atoms with Crippen LogP contribution in [0, 0.1) is 0 Å². The second-order valence-corrected chi connectivity index (χ2v) is 8.62. The number of ether oxygens (including phenoxy) is 3. The third kappa shape index (κ3) is 4.41. The van der Waals surface area contributed by atoms with Crippen LogP contribution in [0.3, 0.4) is 0 Å². The Kier molecular flexibility index (Phi) is 6.19. The van der Waals surface area contributed by atoms with Crippen LogP contribution in [0.4, 0.5) is 4.79 Å². The number of fused-ring (bicyclic) bond motifs is 1. The Morgan fingerprint density at radius 3 is 2.73 bits per heavy atom. The first kappa shape index (κ1) is 20.6. The summed E-state index contributed by atoms with van der Waals surface area (Å²) in [6, 6.07) is 12.3. The number of hydrogen-bond donors (Lipinski definition) is 2. The number of carbonyl (C=O) groups is 2. The van der Waals surface area contributed by atoms with Crippen LogP contribution in [0.1, 0.15) is 18.5 Å². The number of rotatable bonds is 6. The third-order valence-corrected chi connectivity index (χ3v) is 6.28. The molecule has 2 amide bonds. The van der Waals surface area contributed by atoms with Crippen molar-refractivity contribution < 1.29 is 23.8 Å². The van der Waals surface area contributed by atoms with Crippen LogP contribution in [-0.2, 0) is 9.53 Å². The minimum atomic E-state index is -0.683. The van der Waals surface area contributed by atoms with Gasteiger partial charge in [0.05, 0.1) is 11.6 Å². The molecule has 2 aliphatic heterocycles.